The smallest absolute Gasteiger partial charge is 0.274 e. The van der Waals surface area contributed by atoms with Gasteiger partial charge in [0.05, 0.1) is 16.8 Å². The molecule has 0 bridgehead atoms. The minimum Gasteiger partial charge on any atom is -0.512 e. The second-order valence-electron chi connectivity index (χ2n) is 5.39. The van der Waals surface area contributed by atoms with Crippen LogP contribution < -0.4 is 5.56 Å². The molecule has 0 amide bonds. The third kappa shape index (κ3) is 2.96. The molecule has 0 aliphatic heterocycles. The van der Waals surface area contributed by atoms with Gasteiger partial charge in [0.25, 0.3) is 5.56 Å². The monoisotopic (exact) mass is 278 g/mol. The number of nitrogens with one attached hydrogen (secondary N) is 1. The van der Waals surface area contributed by atoms with Gasteiger partial charge in [-0.15, -0.1) is 0 Å². The Labute approximate surface area is 115 Å². The van der Waals surface area contributed by atoms with E-state index in [1.807, 2.05) is 20.8 Å². The number of H-pyrrole nitrogens is 1. The van der Waals surface area contributed by atoms with Crippen molar-refractivity contribution in [2.75, 3.05) is 0 Å². The molecule has 5 heteroatoms. The summed E-state index contributed by atoms with van der Waals surface area (Å²) in [6.45, 7) is 5.57. The van der Waals surface area contributed by atoms with Crippen molar-refractivity contribution in [1.82, 2.24) is 9.97 Å². The van der Waals surface area contributed by atoms with E-state index in [2.05, 4.69) is 9.97 Å². The molecule has 2 rings (SSSR count). The number of allylic oxidation sites excluding steroid dienone is 1. The lowest BCUT2D eigenvalue weighted by atomic mass is 9.93. The Balaban J connectivity index is 2.60. The van der Waals surface area contributed by atoms with E-state index >= 15 is 0 Å². The largest absolute Gasteiger partial charge is 0.512 e. The van der Waals surface area contributed by atoms with E-state index < -0.39 is 5.41 Å². The normalized spacial score (nSPS) is 12.9. The van der Waals surface area contributed by atoms with Gasteiger partial charge in [0, 0.05) is 16.5 Å². The van der Waals surface area contributed by atoms with Crippen LogP contribution in [0.5, 0.6) is 0 Å². The summed E-state index contributed by atoms with van der Waals surface area (Å²) in [5, 5.41) is 10.5. The fraction of sp³-hybridized carbons (Fsp3) is 0.286. The molecule has 0 atom stereocenters. The van der Waals surface area contributed by atoms with Crippen LogP contribution in [0.1, 0.15) is 26.5 Å². The third-order valence-corrected chi connectivity index (χ3v) is 2.96. The van der Waals surface area contributed by atoms with Crippen LogP contribution in [0, 0.1) is 5.41 Å². The maximum Gasteiger partial charge on any atom is 0.274 e. The molecule has 1 aromatic carbocycles. The minimum atomic E-state index is -0.428. The third-order valence-electron chi connectivity index (χ3n) is 2.72. The molecular weight excluding hydrogens is 264 g/mol. The number of nitrogens with zero attached hydrogens (tertiary/aromatic N) is 1. The van der Waals surface area contributed by atoms with Crippen LogP contribution >= 0.6 is 11.6 Å². The Bertz CT molecular complexity index is 711. The Hall–Kier alpha value is -1.81. The van der Waals surface area contributed by atoms with Gasteiger partial charge in [0.1, 0.15) is 5.69 Å². The molecule has 2 N–H and O–H groups in total. The van der Waals surface area contributed by atoms with Gasteiger partial charge in [0.2, 0.25) is 0 Å². The van der Waals surface area contributed by atoms with Crippen LogP contribution in [0.25, 0.3) is 17.1 Å². The predicted octanol–water partition coefficient (Wildman–Crippen LogP) is 3.52. The Morgan fingerprint density at radius 1 is 1.42 bits per heavy atom. The minimum absolute atomic E-state index is 0.110. The molecule has 1 heterocycles. The summed E-state index contributed by atoms with van der Waals surface area (Å²) in [5.74, 6) is 0.110. The highest BCUT2D eigenvalue weighted by Crippen LogP contribution is 2.24. The number of hydrogen-bond donors (Lipinski definition) is 2. The van der Waals surface area contributed by atoms with E-state index in [4.69, 9.17) is 11.6 Å². The van der Waals surface area contributed by atoms with E-state index in [0.717, 1.165) is 0 Å². The Morgan fingerprint density at radius 2 is 2.11 bits per heavy atom. The highest BCUT2D eigenvalue weighted by Gasteiger charge is 2.17. The molecule has 0 radical (unpaired) electrons. The van der Waals surface area contributed by atoms with Crippen LogP contribution in [-0.2, 0) is 0 Å². The maximum atomic E-state index is 11.9. The zero-order valence-corrected chi connectivity index (χ0v) is 11.7. The van der Waals surface area contributed by atoms with Gasteiger partial charge in [0.15, 0.2) is 0 Å². The highest BCUT2D eigenvalue weighted by molar-refractivity contribution is 6.31. The number of hydrogen-bond acceptors (Lipinski definition) is 3. The summed E-state index contributed by atoms with van der Waals surface area (Å²) >= 11 is 5.85. The van der Waals surface area contributed by atoms with Crippen LogP contribution in [0.3, 0.4) is 0 Å². The number of fused-ring (bicyclic) bond motifs is 1. The summed E-state index contributed by atoms with van der Waals surface area (Å²) in [4.78, 5) is 18.8. The first-order valence-electron chi connectivity index (χ1n) is 5.88. The maximum absolute atomic E-state index is 11.9. The number of rotatable bonds is 1. The van der Waals surface area contributed by atoms with E-state index in [1.165, 1.54) is 6.08 Å². The first-order valence-corrected chi connectivity index (χ1v) is 6.26. The summed E-state index contributed by atoms with van der Waals surface area (Å²) in [5.41, 5.74) is 0.595. The molecule has 1 aromatic heterocycles. The SMILES string of the molecule is CC(C)(C)/C(O)=C/c1nc2ccc(Cl)cc2[nH]c1=O. The van der Waals surface area contributed by atoms with Crippen molar-refractivity contribution < 1.29 is 5.11 Å². The summed E-state index contributed by atoms with van der Waals surface area (Å²) in [6.07, 6.45) is 1.40. The van der Waals surface area contributed by atoms with E-state index in [1.54, 1.807) is 18.2 Å². The second-order valence-corrected chi connectivity index (χ2v) is 5.83. The summed E-state index contributed by atoms with van der Waals surface area (Å²) in [7, 11) is 0. The fourth-order valence-corrected chi connectivity index (χ4v) is 1.69. The Morgan fingerprint density at radius 3 is 2.74 bits per heavy atom. The fourth-order valence-electron chi connectivity index (χ4n) is 1.52. The standard InChI is InChI=1S/C14H15ClN2O2/c1-14(2,3)12(18)7-11-13(19)17-10-6-8(15)4-5-9(10)16-11/h4-7,18H,1-3H3,(H,17,19)/b12-7-. The Kier molecular flexibility index (Phi) is 3.37. The molecular formula is C14H15ClN2O2. The van der Waals surface area contributed by atoms with Gasteiger partial charge in [-0.25, -0.2) is 4.98 Å². The highest BCUT2D eigenvalue weighted by atomic mass is 35.5. The topological polar surface area (TPSA) is 66.0 Å². The number of aliphatic hydroxyl groups is 1. The first kappa shape index (κ1) is 13.6. The van der Waals surface area contributed by atoms with Crippen LogP contribution in [0.2, 0.25) is 5.02 Å². The van der Waals surface area contributed by atoms with Gasteiger partial charge in [-0.2, -0.15) is 0 Å². The van der Waals surface area contributed by atoms with Crippen LogP contribution in [-0.4, -0.2) is 15.1 Å². The van der Waals surface area contributed by atoms with Gasteiger partial charge in [-0.05, 0) is 18.2 Å². The van der Waals surface area contributed by atoms with E-state index in [9.17, 15) is 9.90 Å². The molecule has 0 fully saturated rings. The quantitative estimate of drug-likeness (QED) is 0.784. The zero-order valence-electron chi connectivity index (χ0n) is 11.0. The second kappa shape index (κ2) is 4.70. The molecule has 0 saturated carbocycles. The van der Waals surface area contributed by atoms with Crippen LogP contribution in [0.4, 0.5) is 0 Å². The van der Waals surface area contributed by atoms with E-state index in [-0.39, 0.29) is 17.0 Å². The van der Waals surface area contributed by atoms with Crippen LogP contribution in [0.15, 0.2) is 28.8 Å². The average Bonchev–Trinajstić information content (AvgIpc) is 2.29. The van der Waals surface area contributed by atoms with Gasteiger partial charge < -0.3 is 10.1 Å². The number of halogens is 1. The molecule has 0 spiro atoms. The average molecular weight is 279 g/mol. The lowest BCUT2D eigenvalue weighted by Crippen LogP contribution is -2.14. The van der Waals surface area contributed by atoms with Gasteiger partial charge in [-0.1, -0.05) is 32.4 Å². The van der Waals surface area contributed by atoms with Gasteiger partial charge >= 0.3 is 0 Å². The van der Waals surface area contributed by atoms with Crippen molar-refractivity contribution in [3.05, 3.63) is 45.0 Å². The zero-order chi connectivity index (χ0) is 14.2. The number of benzene rings is 1. The molecule has 100 valence electrons. The number of aromatic amines is 1. The van der Waals surface area contributed by atoms with Crippen molar-refractivity contribution in [1.29, 1.82) is 0 Å². The van der Waals surface area contributed by atoms with E-state index in [0.29, 0.717) is 16.1 Å². The molecule has 0 unspecified atom stereocenters. The molecule has 0 aliphatic carbocycles. The molecule has 19 heavy (non-hydrogen) atoms. The van der Waals surface area contributed by atoms with Crippen molar-refractivity contribution in [2.45, 2.75) is 20.8 Å². The number of aromatic nitrogens is 2. The van der Waals surface area contributed by atoms with Crippen molar-refractivity contribution >= 4 is 28.7 Å². The molecule has 4 nitrogen and oxygen atoms in total. The lowest BCUT2D eigenvalue weighted by Gasteiger charge is -2.16. The predicted molar refractivity (Wildman–Crippen MR) is 77.4 cm³/mol. The molecule has 0 aliphatic rings. The molecule has 0 saturated heterocycles. The van der Waals surface area contributed by atoms with Crippen molar-refractivity contribution in [3.8, 4) is 0 Å². The van der Waals surface area contributed by atoms with Gasteiger partial charge in [-0.3, -0.25) is 4.79 Å². The number of aliphatic hydroxyl groups excluding tert-OH is 1. The molecule has 2 aromatic rings. The van der Waals surface area contributed by atoms with Crippen molar-refractivity contribution in [2.24, 2.45) is 5.41 Å². The first-order chi connectivity index (χ1) is 8.77. The lowest BCUT2D eigenvalue weighted by molar-refractivity contribution is 0.282. The summed E-state index contributed by atoms with van der Waals surface area (Å²) in [6, 6.07) is 5.06. The van der Waals surface area contributed by atoms with Crippen molar-refractivity contribution in [3.63, 3.8) is 0 Å². The summed E-state index contributed by atoms with van der Waals surface area (Å²) < 4.78 is 0.